The molecule has 0 fully saturated rings. The highest BCUT2D eigenvalue weighted by Gasteiger charge is 2.16. The number of rotatable bonds is 4. The number of primary amides is 1. The Bertz CT molecular complexity index is 1560. The predicted octanol–water partition coefficient (Wildman–Crippen LogP) is 2.30. The van der Waals surface area contributed by atoms with Gasteiger partial charge in [0.25, 0.3) is 5.56 Å². The summed E-state index contributed by atoms with van der Waals surface area (Å²) in [6.45, 7) is 1.81. The van der Waals surface area contributed by atoms with Crippen molar-refractivity contribution in [1.29, 1.82) is 0 Å². The number of hydrogen-bond acceptors (Lipinski definition) is 5. The van der Waals surface area contributed by atoms with E-state index in [9.17, 15) is 9.59 Å². The van der Waals surface area contributed by atoms with Gasteiger partial charge in [-0.15, -0.1) is 0 Å². The van der Waals surface area contributed by atoms with E-state index in [0.29, 0.717) is 17.2 Å². The Balaban J connectivity index is 1.66. The molecule has 0 atom stereocenters. The Kier molecular flexibility index (Phi) is 4.40. The van der Waals surface area contributed by atoms with Crippen molar-refractivity contribution >= 4 is 17.1 Å². The number of carbonyl (C=O) groups is 1. The molecule has 0 aliphatic carbocycles. The van der Waals surface area contributed by atoms with Crippen LogP contribution in [0.25, 0.3) is 28.2 Å². The lowest BCUT2D eigenvalue weighted by Gasteiger charge is -2.11. The van der Waals surface area contributed by atoms with Crippen molar-refractivity contribution in [3.05, 3.63) is 95.1 Å². The van der Waals surface area contributed by atoms with E-state index in [-0.39, 0.29) is 22.4 Å². The zero-order valence-electron chi connectivity index (χ0n) is 16.8. The lowest BCUT2D eigenvalue weighted by Crippen LogP contribution is -2.22. The van der Waals surface area contributed by atoms with E-state index in [1.165, 1.54) is 29.4 Å². The predicted molar refractivity (Wildman–Crippen MR) is 115 cm³/mol. The molecular weight excluding hydrogens is 413 g/mol. The molecule has 0 saturated heterocycles. The quantitative estimate of drug-likeness (QED) is 0.471. The molecule has 5 rings (SSSR count). The molecule has 158 valence electrons. The Morgan fingerprint density at radius 1 is 0.969 bits per heavy atom. The first kappa shape index (κ1) is 19.4. The van der Waals surface area contributed by atoms with Crippen LogP contribution in [0.15, 0.2) is 72.3 Å². The molecule has 2 aromatic carbocycles. The summed E-state index contributed by atoms with van der Waals surface area (Å²) < 4.78 is 19.4. The summed E-state index contributed by atoms with van der Waals surface area (Å²) in [6, 6.07) is 11.0. The number of nitrogens with zero attached hydrogens (tertiary/aromatic N) is 6. The van der Waals surface area contributed by atoms with Gasteiger partial charge in [-0.25, -0.2) is 19.3 Å². The molecule has 0 bridgehead atoms. The van der Waals surface area contributed by atoms with Crippen molar-refractivity contribution in [1.82, 2.24) is 28.7 Å². The highest BCUT2D eigenvalue weighted by Crippen LogP contribution is 2.20. The second-order valence-electron chi connectivity index (χ2n) is 7.10. The van der Waals surface area contributed by atoms with Gasteiger partial charge in [0.1, 0.15) is 24.3 Å². The van der Waals surface area contributed by atoms with E-state index in [0.717, 1.165) is 4.57 Å². The van der Waals surface area contributed by atoms with Crippen molar-refractivity contribution in [2.24, 2.45) is 5.73 Å². The molecule has 0 aliphatic rings. The third-order valence-corrected chi connectivity index (χ3v) is 5.17. The fourth-order valence-electron chi connectivity index (χ4n) is 3.58. The molecule has 32 heavy (non-hydrogen) atoms. The molecule has 10 heteroatoms. The Morgan fingerprint density at radius 3 is 2.41 bits per heavy atom. The minimum Gasteiger partial charge on any atom is -0.366 e. The van der Waals surface area contributed by atoms with E-state index in [1.807, 2.05) is 6.92 Å². The summed E-state index contributed by atoms with van der Waals surface area (Å²) in [6.07, 6.45) is 6.01. The van der Waals surface area contributed by atoms with Crippen molar-refractivity contribution in [3.8, 4) is 17.1 Å². The van der Waals surface area contributed by atoms with Gasteiger partial charge in [-0.3, -0.25) is 18.7 Å². The van der Waals surface area contributed by atoms with Gasteiger partial charge in [0, 0.05) is 35.4 Å². The van der Waals surface area contributed by atoms with Crippen LogP contribution >= 0.6 is 0 Å². The van der Waals surface area contributed by atoms with Gasteiger partial charge in [0.15, 0.2) is 11.2 Å². The molecule has 9 nitrogen and oxygen atoms in total. The monoisotopic (exact) mass is 429 g/mol. The maximum Gasteiger partial charge on any atom is 0.284 e. The number of nitrogens with two attached hydrogens (primary N) is 1. The SMILES string of the molecule is Cc1nccn1-c1ccc(-n2cnc3ncn(-c4cccc(C(N)=O)c4)c3c2=O)c(F)c1. The standard InChI is InChI=1S/C22H16FN7O2/c1-13-25-7-8-28(13)16-5-6-18(17(23)10-16)30-12-27-21-19(22(30)32)29(11-26-21)15-4-2-3-14(9-15)20(24)31/h2-12H,1H3,(H2,24,31). The zero-order chi connectivity index (χ0) is 22.4. The van der Waals surface area contributed by atoms with Crippen molar-refractivity contribution in [2.45, 2.75) is 6.92 Å². The van der Waals surface area contributed by atoms with Crippen LogP contribution in [-0.4, -0.2) is 34.6 Å². The van der Waals surface area contributed by atoms with Crippen LogP contribution in [0.4, 0.5) is 4.39 Å². The van der Waals surface area contributed by atoms with Crippen LogP contribution in [0.3, 0.4) is 0 Å². The summed E-state index contributed by atoms with van der Waals surface area (Å²) in [4.78, 5) is 37.4. The number of halogens is 1. The number of aromatic nitrogens is 6. The number of aryl methyl sites for hydroxylation is 1. The summed E-state index contributed by atoms with van der Waals surface area (Å²) in [5, 5.41) is 0. The number of carbonyl (C=O) groups excluding carboxylic acids is 1. The van der Waals surface area contributed by atoms with Gasteiger partial charge >= 0.3 is 0 Å². The average molecular weight is 429 g/mol. The summed E-state index contributed by atoms with van der Waals surface area (Å²) >= 11 is 0. The first-order valence-electron chi connectivity index (χ1n) is 9.59. The first-order valence-corrected chi connectivity index (χ1v) is 9.59. The number of amides is 1. The first-order chi connectivity index (χ1) is 15.4. The molecule has 2 N–H and O–H groups in total. The van der Waals surface area contributed by atoms with Crippen molar-refractivity contribution in [3.63, 3.8) is 0 Å². The molecule has 3 aromatic heterocycles. The van der Waals surface area contributed by atoms with Gasteiger partial charge < -0.3 is 10.3 Å². The normalized spacial score (nSPS) is 11.2. The molecule has 0 radical (unpaired) electrons. The molecule has 0 saturated carbocycles. The Hall–Kier alpha value is -4.60. The second kappa shape index (κ2) is 7.27. The van der Waals surface area contributed by atoms with Gasteiger partial charge in [0.05, 0.1) is 5.69 Å². The smallest absolute Gasteiger partial charge is 0.284 e. The molecular formula is C22H16FN7O2. The minimum absolute atomic E-state index is 0.0459. The van der Waals surface area contributed by atoms with Crippen LogP contribution in [-0.2, 0) is 0 Å². The van der Waals surface area contributed by atoms with Crippen molar-refractivity contribution < 1.29 is 9.18 Å². The fraction of sp³-hybridized carbons (Fsp3) is 0.0455. The summed E-state index contributed by atoms with van der Waals surface area (Å²) in [7, 11) is 0. The number of hydrogen-bond donors (Lipinski definition) is 1. The third-order valence-electron chi connectivity index (χ3n) is 5.17. The van der Waals surface area contributed by atoms with Gasteiger partial charge in [-0.1, -0.05) is 6.07 Å². The van der Waals surface area contributed by atoms with Crippen LogP contribution in [0.2, 0.25) is 0 Å². The van der Waals surface area contributed by atoms with E-state index in [4.69, 9.17) is 5.73 Å². The lowest BCUT2D eigenvalue weighted by atomic mass is 10.2. The maximum atomic E-state index is 15.0. The Morgan fingerprint density at radius 2 is 1.72 bits per heavy atom. The van der Waals surface area contributed by atoms with Crippen LogP contribution in [0.1, 0.15) is 16.2 Å². The van der Waals surface area contributed by atoms with Crippen LogP contribution in [0, 0.1) is 12.7 Å². The number of imidazole rings is 2. The highest BCUT2D eigenvalue weighted by atomic mass is 19.1. The molecule has 0 spiro atoms. The molecule has 1 amide bonds. The van der Waals surface area contributed by atoms with Crippen molar-refractivity contribution in [2.75, 3.05) is 0 Å². The molecule has 5 aromatic rings. The van der Waals surface area contributed by atoms with Gasteiger partial charge in [0.2, 0.25) is 5.91 Å². The highest BCUT2D eigenvalue weighted by molar-refractivity contribution is 5.93. The summed E-state index contributed by atoms with van der Waals surface area (Å²) in [5.74, 6) is -0.484. The fourth-order valence-corrected chi connectivity index (χ4v) is 3.58. The van der Waals surface area contributed by atoms with Gasteiger partial charge in [-0.2, -0.15) is 0 Å². The molecule has 0 unspecified atom stereocenters. The van der Waals surface area contributed by atoms with Crippen LogP contribution in [0.5, 0.6) is 0 Å². The average Bonchev–Trinajstić information content (AvgIpc) is 3.41. The zero-order valence-corrected chi connectivity index (χ0v) is 16.8. The van der Waals surface area contributed by atoms with E-state index >= 15 is 4.39 Å². The topological polar surface area (TPSA) is 114 Å². The largest absolute Gasteiger partial charge is 0.366 e. The summed E-state index contributed by atoms with van der Waals surface area (Å²) in [5.41, 5.74) is 6.60. The van der Waals surface area contributed by atoms with E-state index < -0.39 is 17.3 Å². The Labute approximate surface area is 180 Å². The molecule has 0 aliphatic heterocycles. The van der Waals surface area contributed by atoms with Gasteiger partial charge in [-0.05, 0) is 37.3 Å². The number of fused-ring (bicyclic) bond motifs is 1. The lowest BCUT2D eigenvalue weighted by molar-refractivity contribution is 0.1000. The van der Waals surface area contributed by atoms with E-state index in [2.05, 4.69) is 15.0 Å². The molecule has 3 heterocycles. The second-order valence-corrected chi connectivity index (χ2v) is 7.10. The minimum atomic E-state index is -0.597. The third kappa shape index (κ3) is 3.05. The maximum absolute atomic E-state index is 15.0. The van der Waals surface area contributed by atoms with Crippen LogP contribution < -0.4 is 11.3 Å². The number of benzene rings is 2. The van der Waals surface area contributed by atoms with E-state index in [1.54, 1.807) is 47.3 Å².